The minimum absolute atomic E-state index is 0.331. The number of imidazole rings is 1. The zero-order valence-corrected chi connectivity index (χ0v) is 14.7. The largest absolute Gasteiger partial charge is 0.497 e. The molecule has 0 radical (unpaired) electrons. The molecule has 4 rings (SSSR count). The first-order valence-electron chi connectivity index (χ1n) is 7.90. The van der Waals surface area contributed by atoms with E-state index in [4.69, 9.17) is 4.74 Å². The molecule has 0 amide bonds. The SMILES string of the molecule is COc1ccc(Cc2nn3c(C=O)c(-c4ccc(F)cc4)nc3s2)cc1. The van der Waals surface area contributed by atoms with Gasteiger partial charge < -0.3 is 4.74 Å². The van der Waals surface area contributed by atoms with Crippen LogP contribution in [0.25, 0.3) is 16.2 Å². The number of methoxy groups -OCH3 is 1. The van der Waals surface area contributed by atoms with Crippen LogP contribution in [0.2, 0.25) is 0 Å². The second-order valence-corrected chi connectivity index (χ2v) is 6.73. The number of fused-ring (bicyclic) bond motifs is 1. The molecular formula is C19H14FN3O2S. The average molecular weight is 367 g/mol. The smallest absolute Gasteiger partial charge is 0.213 e. The number of aldehydes is 1. The van der Waals surface area contributed by atoms with E-state index in [0.29, 0.717) is 28.3 Å². The quantitative estimate of drug-likeness (QED) is 0.500. The minimum Gasteiger partial charge on any atom is -0.497 e. The first-order valence-corrected chi connectivity index (χ1v) is 8.72. The maximum Gasteiger partial charge on any atom is 0.213 e. The maximum absolute atomic E-state index is 13.1. The summed E-state index contributed by atoms with van der Waals surface area (Å²) in [5, 5.41) is 5.37. The molecule has 7 heteroatoms. The first-order chi connectivity index (χ1) is 12.7. The van der Waals surface area contributed by atoms with Crippen LogP contribution in [0.5, 0.6) is 5.75 Å². The number of carbonyl (C=O) groups excluding carboxylic acids is 1. The predicted octanol–water partition coefficient (Wildman–Crippen LogP) is 4.01. The van der Waals surface area contributed by atoms with Gasteiger partial charge in [0.05, 0.1) is 7.11 Å². The van der Waals surface area contributed by atoms with Gasteiger partial charge in [0.25, 0.3) is 0 Å². The summed E-state index contributed by atoms with van der Waals surface area (Å²) < 4.78 is 19.8. The fourth-order valence-corrected chi connectivity index (χ4v) is 3.65. The van der Waals surface area contributed by atoms with Crippen LogP contribution in [-0.2, 0) is 6.42 Å². The molecule has 0 saturated heterocycles. The Morgan fingerprint density at radius 2 is 1.88 bits per heavy atom. The standard InChI is InChI=1S/C19H14FN3O2S/c1-25-15-8-2-12(3-9-15)10-17-22-23-16(11-24)18(21-19(23)26-17)13-4-6-14(20)7-5-13/h2-9,11H,10H2,1H3. The van der Waals surface area contributed by atoms with Crippen LogP contribution >= 0.6 is 11.3 Å². The molecule has 5 nitrogen and oxygen atoms in total. The van der Waals surface area contributed by atoms with Crippen molar-refractivity contribution in [2.45, 2.75) is 6.42 Å². The van der Waals surface area contributed by atoms with E-state index >= 15 is 0 Å². The van der Waals surface area contributed by atoms with Crippen molar-refractivity contribution in [3.05, 3.63) is 70.6 Å². The number of aromatic nitrogens is 3. The second-order valence-electron chi connectivity index (χ2n) is 5.69. The Morgan fingerprint density at radius 3 is 2.54 bits per heavy atom. The summed E-state index contributed by atoms with van der Waals surface area (Å²) in [6.07, 6.45) is 1.37. The lowest BCUT2D eigenvalue weighted by atomic mass is 10.1. The molecule has 0 fully saturated rings. The van der Waals surface area contributed by atoms with E-state index in [2.05, 4.69) is 10.1 Å². The van der Waals surface area contributed by atoms with Gasteiger partial charge in [-0.2, -0.15) is 9.61 Å². The summed E-state index contributed by atoms with van der Waals surface area (Å²) in [6, 6.07) is 13.7. The van der Waals surface area contributed by atoms with Gasteiger partial charge in [-0.3, -0.25) is 4.79 Å². The average Bonchev–Trinajstić information content (AvgIpc) is 3.20. The number of hydrogen-bond donors (Lipinski definition) is 0. The van der Waals surface area contributed by atoms with Gasteiger partial charge in [0.2, 0.25) is 4.96 Å². The Hall–Kier alpha value is -3.06. The van der Waals surface area contributed by atoms with Crippen molar-refractivity contribution in [2.75, 3.05) is 7.11 Å². The lowest BCUT2D eigenvalue weighted by Gasteiger charge is -2.01. The molecule has 0 aliphatic rings. The van der Waals surface area contributed by atoms with Crippen molar-refractivity contribution in [2.24, 2.45) is 0 Å². The Bertz CT molecular complexity index is 1070. The van der Waals surface area contributed by atoms with Crippen molar-refractivity contribution in [1.82, 2.24) is 14.6 Å². The summed E-state index contributed by atoms with van der Waals surface area (Å²) in [5.74, 6) is 0.470. The third-order valence-electron chi connectivity index (χ3n) is 4.02. The van der Waals surface area contributed by atoms with Crippen molar-refractivity contribution >= 4 is 22.6 Å². The summed E-state index contributed by atoms with van der Waals surface area (Å²) in [6.45, 7) is 0. The molecular weight excluding hydrogens is 353 g/mol. The predicted molar refractivity (Wildman–Crippen MR) is 97.4 cm³/mol. The van der Waals surface area contributed by atoms with Gasteiger partial charge in [-0.1, -0.05) is 23.5 Å². The van der Waals surface area contributed by atoms with Crippen LogP contribution in [0.1, 0.15) is 21.1 Å². The van der Waals surface area contributed by atoms with Gasteiger partial charge in [-0.05, 0) is 42.0 Å². The van der Waals surface area contributed by atoms with Gasteiger partial charge >= 0.3 is 0 Å². The lowest BCUT2D eigenvalue weighted by molar-refractivity contribution is 0.111. The number of benzene rings is 2. The van der Waals surface area contributed by atoms with Gasteiger partial charge in [-0.15, -0.1) is 0 Å². The summed E-state index contributed by atoms with van der Waals surface area (Å²) in [7, 11) is 1.63. The molecule has 4 aromatic rings. The molecule has 26 heavy (non-hydrogen) atoms. The third-order valence-corrected chi connectivity index (χ3v) is 4.93. The molecule has 0 spiro atoms. The van der Waals surface area contributed by atoms with Gasteiger partial charge in [-0.25, -0.2) is 9.37 Å². The van der Waals surface area contributed by atoms with Gasteiger partial charge in [0.1, 0.15) is 28.0 Å². The molecule has 0 aliphatic heterocycles. The normalized spacial score (nSPS) is 11.0. The summed E-state index contributed by atoms with van der Waals surface area (Å²) in [5.41, 5.74) is 2.65. The fourth-order valence-electron chi connectivity index (χ4n) is 2.72. The van der Waals surface area contributed by atoms with Crippen LogP contribution in [-0.4, -0.2) is 28.0 Å². The fraction of sp³-hybridized carbons (Fsp3) is 0.105. The van der Waals surface area contributed by atoms with E-state index in [1.54, 1.807) is 23.8 Å². The first kappa shape index (κ1) is 16.4. The Morgan fingerprint density at radius 1 is 1.15 bits per heavy atom. The number of halogens is 1. The molecule has 2 heterocycles. The molecule has 0 N–H and O–H groups in total. The number of hydrogen-bond acceptors (Lipinski definition) is 5. The highest BCUT2D eigenvalue weighted by Crippen LogP contribution is 2.27. The highest BCUT2D eigenvalue weighted by atomic mass is 32.1. The summed E-state index contributed by atoms with van der Waals surface area (Å²) in [4.78, 5) is 16.7. The zero-order valence-electron chi connectivity index (χ0n) is 13.8. The molecule has 0 bridgehead atoms. The number of carbonyl (C=O) groups is 1. The molecule has 0 saturated carbocycles. The maximum atomic E-state index is 13.1. The highest BCUT2D eigenvalue weighted by molar-refractivity contribution is 7.16. The topological polar surface area (TPSA) is 56.5 Å². The van der Waals surface area contributed by atoms with Crippen LogP contribution in [0.15, 0.2) is 48.5 Å². The minimum atomic E-state index is -0.331. The molecule has 2 aromatic heterocycles. The third kappa shape index (κ3) is 2.97. The molecule has 130 valence electrons. The zero-order chi connectivity index (χ0) is 18.1. The van der Waals surface area contributed by atoms with E-state index in [1.165, 1.54) is 23.5 Å². The van der Waals surface area contributed by atoms with Crippen LogP contribution in [0, 0.1) is 5.82 Å². The van der Waals surface area contributed by atoms with E-state index in [-0.39, 0.29) is 5.82 Å². The van der Waals surface area contributed by atoms with Crippen molar-refractivity contribution in [3.63, 3.8) is 0 Å². The molecule has 2 aromatic carbocycles. The van der Waals surface area contributed by atoms with E-state index in [0.717, 1.165) is 22.6 Å². The Balaban J connectivity index is 1.68. The van der Waals surface area contributed by atoms with Gasteiger partial charge in [0.15, 0.2) is 6.29 Å². The Labute approximate surface area is 152 Å². The van der Waals surface area contributed by atoms with Crippen LogP contribution in [0.3, 0.4) is 0 Å². The van der Waals surface area contributed by atoms with E-state index in [1.807, 2.05) is 24.3 Å². The second kappa shape index (κ2) is 6.68. The van der Waals surface area contributed by atoms with Crippen LogP contribution in [0.4, 0.5) is 4.39 Å². The van der Waals surface area contributed by atoms with Crippen molar-refractivity contribution < 1.29 is 13.9 Å². The monoisotopic (exact) mass is 367 g/mol. The lowest BCUT2D eigenvalue weighted by Crippen LogP contribution is -1.96. The Kier molecular flexibility index (Phi) is 4.22. The molecule has 0 aliphatic carbocycles. The molecule has 0 atom stereocenters. The highest BCUT2D eigenvalue weighted by Gasteiger charge is 2.17. The van der Waals surface area contributed by atoms with Crippen molar-refractivity contribution in [1.29, 1.82) is 0 Å². The number of rotatable bonds is 5. The molecule has 0 unspecified atom stereocenters. The van der Waals surface area contributed by atoms with Crippen LogP contribution < -0.4 is 4.74 Å². The number of nitrogens with zero attached hydrogens (tertiary/aromatic N) is 3. The number of ether oxygens (including phenoxy) is 1. The summed E-state index contributed by atoms with van der Waals surface area (Å²) >= 11 is 1.43. The van der Waals surface area contributed by atoms with E-state index < -0.39 is 0 Å². The van der Waals surface area contributed by atoms with Crippen molar-refractivity contribution in [3.8, 4) is 17.0 Å². The van der Waals surface area contributed by atoms with Gasteiger partial charge in [0, 0.05) is 12.0 Å². The van der Waals surface area contributed by atoms with E-state index in [9.17, 15) is 9.18 Å².